The van der Waals surface area contributed by atoms with Gasteiger partial charge in [0.25, 0.3) is 0 Å². The minimum atomic E-state index is -0.921. The van der Waals surface area contributed by atoms with Crippen LogP contribution in [-0.2, 0) is 33.2 Å². The molecule has 6 fully saturated rings. The summed E-state index contributed by atoms with van der Waals surface area (Å²) in [5.41, 5.74) is -1.39. The zero-order chi connectivity index (χ0) is 33.5. The summed E-state index contributed by atoms with van der Waals surface area (Å²) in [6, 6.07) is 0. The van der Waals surface area contributed by atoms with E-state index in [0.29, 0.717) is 32.3 Å². The molecule has 266 valence electrons. The molecule has 7 rings (SSSR count). The van der Waals surface area contributed by atoms with Gasteiger partial charge >= 0.3 is 5.97 Å². The number of ether oxygens (including phenoxy) is 6. The van der Waals surface area contributed by atoms with Gasteiger partial charge in [0.2, 0.25) is 0 Å². The summed E-state index contributed by atoms with van der Waals surface area (Å²) in [7, 11) is 1.55. The van der Waals surface area contributed by atoms with E-state index in [1.165, 1.54) is 0 Å². The Hall–Kier alpha value is -1.15. The van der Waals surface area contributed by atoms with E-state index in [-0.39, 0.29) is 47.1 Å². The highest BCUT2D eigenvalue weighted by atomic mass is 16.7. The average molecular weight is 665 g/mol. The van der Waals surface area contributed by atoms with Crippen LogP contribution in [-0.4, -0.2) is 107 Å². The lowest BCUT2D eigenvalue weighted by Gasteiger charge is -2.66. The van der Waals surface area contributed by atoms with Gasteiger partial charge in [-0.25, -0.2) is 4.79 Å². The van der Waals surface area contributed by atoms with Crippen LogP contribution >= 0.6 is 0 Å². The Kier molecular flexibility index (Phi) is 8.95. The Bertz CT molecular complexity index is 1220. The molecule has 4 aliphatic carbocycles. The molecule has 4 N–H and O–H groups in total. The first-order valence-corrected chi connectivity index (χ1v) is 18.0. The Labute approximate surface area is 278 Å². The molecule has 3 aliphatic heterocycles. The van der Waals surface area contributed by atoms with Crippen LogP contribution < -0.4 is 0 Å². The van der Waals surface area contributed by atoms with E-state index in [0.717, 1.165) is 44.1 Å². The maximum absolute atomic E-state index is 12.5. The number of aliphatic hydroxyl groups excluding tert-OH is 2. The fraction of sp³-hybridized carbons (Fsp3) is 0.917. The summed E-state index contributed by atoms with van der Waals surface area (Å²) in [5, 5.41) is 46.3. The zero-order valence-electron chi connectivity index (χ0n) is 28.6. The number of cyclic esters (lactones) is 1. The fourth-order valence-electron chi connectivity index (χ4n) is 11.5. The van der Waals surface area contributed by atoms with Gasteiger partial charge in [0, 0.05) is 37.9 Å². The Morgan fingerprint density at radius 1 is 0.851 bits per heavy atom. The number of rotatable bonds is 6. The van der Waals surface area contributed by atoms with E-state index >= 15 is 0 Å². The summed E-state index contributed by atoms with van der Waals surface area (Å²) >= 11 is 0. The van der Waals surface area contributed by atoms with Gasteiger partial charge in [-0.3, -0.25) is 0 Å². The molecule has 2 saturated heterocycles. The minimum Gasteiger partial charge on any atom is -0.458 e. The van der Waals surface area contributed by atoms with E-state index in [1.807, 2.05) is 6.92 Å². The van der Waals surface area contributed by atoms with Gasteiger partial charge < -0.3 is 48.8 Å². The third-order valence-corrected chi connectivity index (χ3v) is 14.3. The molecular formula is C36H56O11. The molecule has 0 aromatic rings. The number of carbonyl (C=O) groups excluding carboxylic acids is 1. The topological polar surface area (TPSA) is 153 Å². The van der Waals surface area contributed by atoms with Crippen LogP contribution in [0.25, 0.3) is 0 Å². The van der Waals surface area contributed by atoms with Crippen molar-refractivity contribution in [2.24, 2.45) is 28.6 Å². The summed E-state index contributed by atoms with van der Waals surface area (Å²) in [6.07, 6.45) is 4.03. The largest absolute Gasteiger partial charge is 0.458 e. The molecule has 3 heterocycles. The number of esters is 1. The summed E-state index contributed by atoms with van der Waals surface area (Å²) < 4.78 is 35.4. The molecule has 4 saturated carbocycles. The monoisotopic (exact) mass is 664 g/mol. The predicted octanol–water partition coefficient (Wildman–Crippen LogP) is 3.14. The summed E-state index contributed by atoms with van der Waals surface area (Å²) in [5.74, 6) is 0.165. The van der Waals surface area contributed by atoms with Crippen molar-refractivity contribution in [3.05, 3.63) is 11.6 Å². The van der Waals surface area contributed by atoms with Gasteiger partial charge in [-0.05, 0) is 94.0 Å². The van der Waals surface area contributed by atoms with Crippen LogP contribution in [0.5, 0.6) is 0 Å². The van der Waals surface area contributed by atoms with Gasteiger partial charge in [-0.2, -0.15) is 0 Å². The van der Waals surface area contributed by atoms with E-state index < -0.39 is 60.4 Å². The third-order valence-electron chi connectivity index (χ3n) is 14.3. The molecule has 0 amide bonds. The average Bonchev–Trinajstić information content (AvgIpc) is 3.56. The van der Waals surface area contributed by atoms with Crippen LogP contribution in [0.4, 0.5) is 0 Å². The molecule has 0 unspecified atom stereocenters. The lowest BCUT2D eigenvalue weighted by Crippen LogP contribution is -2.67. The first-order chi connectivity index (χ1) is 22.2. The van der Waals surface area contributed by atoms with Crippen molar-refractivity contribution in [3.8, 4) is 0 Å². The summed E-state index contributed by atoms with van der Waals surface area (Å²) in [6.45, 7) is 8.42. The smallest absolute Gasteiger partial charge is 0.331 e. The Morgan fingerprint density at radius 2 is 1.55 bits per heavy atom. The SMILES string of the molecule is CO[C@H]1C[C@H](O[C@H]2[C@@H](O)C[C@H](O[C@H]3CC[C@]4(C)[C@@H]5CC[C@]6(C)[C@@H](C7=CC(=O)OC7)CC[C@]6(O)[C@@H]5CC[C@]4(O)C3)O[C@@H]2C)O[C@H](C)[C@H]1O. The van der Waals surface area contributed by atoms with Gasteiger partial charge in [-0.15, -0.1) is 0 Å². The van der Waals surface area contributed by atoms with Crippen molar-refractivity contribution >= 4 is 5.97 Å². The van der Waals surface area contributed by atoms with Crippen LogP contribution in [0.15, 0.2) is 11.6 Å². The molecular weight excluding hydrogens is 608 g/mol. The van der Waals surface area contributed by atoms with E-state index in [2.05, 4.69) is 13.8 Å². The number of carbonyl (C=O) groups is 1. The van der Waals surface area contributed by atoms with Gasteiger partial charge in [0.15, 0.2) is 12.6 Å². The number of methoxy groups -OCH3 is 1. The highest BCUT2D eigenvalue weighted by Gasteiger charge is 2.70. The highest BCUT2D eigenvalue weighted by Crippen LogP contribution is 2.70. The lowest BCUT2D eigenvalue weighted by molar-refractivity contribution is -0.323. The quantitative estimate of drug-likeness (QED) is 0.245. The van der Waals surface area contributed by atoms with Crippen LogP contribution in [0.1, 0.15) is 98.3 Å². The Morgan fingerprint density at radius 3 is 2.26 bits per heavy atom. The molecule has 0 bridgehead atoms. The van der Waals surface area contributed by atoms with Crippen LogP contribution in [0, 0.1) is 28.6 Å². The minimum absolute atomic E-state index is 0.0980. The van der Waals surface area contributed by atoms with Crippen molar-refractivity contribution in [3.63, 3.8) is 0 Å². The zero-order valence-corrected chi connectivity index (χ0v) is 28.6. The normalized spacial score (nSPS) is 54.7. The molecule has 16 atom stereocenters. The van der Waals surface area contributed by atoms with Crippen LogP contribution in [0.2, 0.25) is 0 Å². The van der Waals surface area contributed by atoms with Crippen molar-refractivity contribution in [1.29, 1.82) is 0 Å². The van der Waals surface area contributed by atoms with Crippen molar-refractivity contribution in [2.75, 3.05) is 13.7 Å². The maximum Gasteiger partial charge on any atom is 0.331 e. The van der Waals surface area contributed by atoms with E-state index in [9.17, 15) is 25.2 Å². The first-order valence-electron chi connectivity index (χ1n) is 18.0. The van der Waals surface area contributed by atoms with Gasteiger partial charge in [0.05, 0.1) is 41.7 Å². The second kappa shape index (κ2) is 12.3. The lowest BCUT2D eigenvalue weighted by atomic mass is 9.42. The first kappa shape index (κ1) is 34.3. The molecule has 47 heavy (non-hydrogen) atoms. The van der Waals surface area contributed by atoms with Crippen molar-refractivity contribution in [2.45, 2.75) is 165 Å². The number of hydrogen-bond donors (Lipinski definition) is 4. The Balaban J connectivity index is 0.978. The fourth-order valence-corrected chi connectivity index (χ4v) is 11.5. The molecule has 0 spiro atoms. The highest BCUT2D eigenvalue weighted by molar-refractivity contribution is 5.85. The number of hydrogen-bond acceptors (Lipinski definition) is 11. The molecule has 0 aromatic heterocycles. The van der Waals surface area contributed by atoms with Crippen molar-refractivity contribution < 1.29 is 53.6 Å². The third kappa shape index (κ3) is 5.46. The maximum atomic E-state index is 12.5. The van der Waals surface area contributed by atoms with Gasteiger partial charge in [-0.1, -0.05) is 13.8 Å². The number of aliphatic hydroxyl groups is 4. The second-order valence-corrected chi connectivity index (χ2v) is 16.4. The molecule has 7 aliphatic rings. The van der Waals surface area contributed by atoms with Crippen LogP contribution in [0.3, 0.4) is 0 Å². The van der Waals surface area contributed by atoms with Crippen molar-refractivity contribution in [1.82, 2.24) is 0 Å². The molecule has 0 radical (unpaired) electrons. The predicted molar refractivity (Wildman–Crippen MR) is 168 cm³/mol. The van der Waals surface area contributed by atoms with Gasteiger partial charge in [0.1, 0.15) is 18.8 Å². The second-order valence-electron chi connectivity index (χ2n) is 16.4. The van der Waals surface area contributed by atoms with E-state index in [4.69, 9.17) is 28.4 Å². The van der Waals surface area contributed by atoms with E-state index in [1.54, 1.807) is 20.1 Å². The standard InChI is InChI=1S/C36H56O11/c1-19-31(39)27(42-5)16-30(44-19)47-32-20(2)45-29(15-26(32)37)46-22-6-10-33(3)24-7-11-34(4)23(21-14-28(38)43-18-21)9-13-36(34,41)25(24)8-12-35(33,40)17-22/h14,19-20,22-27,29-32,37,39-41H,6-13,15-18H2,1-5H3/t19-,20-,22+,23-,24-,25-,26+,27+,29+,30+,31-,32-,33-,34-,35+,36+/m1/s1. The molecule has 11 nitrogen and oxygen atoms in total. The summed E-state index contributed by atoms with van der Waals surface area (Å²) in [4.78, 5) is 11.9. The molecule has 11 heteroatoms. The number of fused-ring (bicyclic) bond motifs is 5. The molecule has 0 aromatic carbocycles.